The standard InChI is InChI=1S/C51H30N4O2/c1-3-13-31(14-4-1)32-25-27-33(28-26-32)49-52-50(40-21-11-19-36-35-17-8-10-24-44(35)56-46(36)40)54-51(53-49)41-22-12-20-37-38-29-30-43-45(48(38)57-47(37)41)39-18-7-9-23-42(39)55(43)34-15-5-2-6-16-34/h1-30H. The number of hydrogen-bond acceptors (Lipinski definition) is 5. The van der Waals surface area contributed by atoms with Crippen molar-refractivity contribution < 1.29 is 8.83 Å². The van der Waals surface area contributed by atoms with Gasteiger partial charge in [-0.25, -0.2) is 15.0 Å². The Balaban J connectivity index is 1.10. The van der Waals surface area contributed by atoms with Gasteiger partial charge in [0.15, 0.2) is 17.5 Å². The Morgan fingerprint density at radius 2 is 0.877 bits per heavy atom. The van der Waals surface area contributed by atoms with Crippen molar-refractivity contribution in [2.45, 2.75) is 0 Å². The predicted molar refractivity (Wildman–Crippen MR) is 230 cm³/mol. The van der Waals surface area contributed by atoms with Gasteiger partial charge in [0.05, 0.1) is 27.5 Å². The fourth-order valence-corrected chi connectivity index (χ4v) is 8.45. The summed E-state index contributed by atoms with van der Waals surface area (Å²) in [6.45, 7) is 0. The lowest BCUT2D eigenvalue weighted by Gasteiger charge is -2.10. The molecule has 266 valence electrons. The van der Waals surface area contributed by atoms with E-state index in [1.807, 2.05) is 48.5 Å². The van der Waals surface area contributed by atoms with E-state index in [-0.39, 0.29) is 0 Å². The SMILES string of the molecule is c1ccc(-c2ccc(-c3nc(-c4cccc5c4oc4ccccc45)nc(-c4cccc5c4oc4c5ccc5c4c4ccccc4n5-c4ccccc4)n3)cc2)cc1. The van der Waals surface area contributed by atoms with Gasteiger partial charge in [-0.05, 0) is 59.7 Å². The third kappa shape index (κ3) is 4.87. The van der Waals surface area contributed by atoms with Crippen molar-refractivity contribution in [1.82, 2.24) is 19.5 Å². The van der Waals surface area contributed by atoms with Crippen LogP contribution in [0.15, 0.2) is 191 Å². The van der Waals surface area contributed by atoms with Crippen LogP contribution in [0.2, 0.25) is 0 Å². The predicted octanol–water partition coefficient (Wildman–Crippen LogP) is 13.4. The van der Waals surface area contributed by atoms with E-state index in [0.29, 0.717) is 17.5 Å². The van der Waals surface area contributed by atoms with E-state index in [9.17, 15) is 0 Å². The van der Waals surface area contributed by atoms with Crippen LogP contribution in [0.3, 0.4) is 0 Å². The van der Waals surface area contributed by atoms with Crippen molar-refractivity contribution in [3.63, 3.8) is 0 Å². The van der Waals surface area contributed by atoms with E-state index < -0.39 is 0 Å². The summed E-state index contributed by atoms with van der Waals surface area (Å²) in [4.78, 5) is 15.5. The highest BCUT2D eigenvalue weighted by atomic mass is 16.3. The summed E-state index contributed by atoms with van der Waals surface area (Å²) < 4.78 is 15.8. The maximum atomic E-state index is 7.04. The highest BCUT2D eigenvalue weighted by Crippen LogP contribution is 2.43. The molecule has 6 nitrogen and oxygen atoms in total. The van der Waals surface area contributed by atoms with E-state index in [4.69, 9.17) is 23.8 Å². The Kier molecular flexibility index (Phi) is 6.83. The lowest BCUT2D eigenvalue weighted by Crippen LogP contribution is -2.00. The van der Waals surface area contributed by atoms with Gasteiger partial charge in [-0.1, -0.05) is 133 Å². The van der Waals surface area contributed by atoms with Crippen LogP contribution in [-0.2, 0) is 0 Å². The number of aromatic nitrogens is 4. The summed E-state index contributed by atoms with van der Waals surface area (Å²) in [6.07, 6.45) is 0. The first-order valence-electron chi connectivity index (χ1n) is 19.0. The number of fused-ring (bicyclic) bond motifs is 10. The normalized spacial score (nSPS) is 11.9. The van der Waals surface area contributed by atoms with Crippen molar-refractivity contribution in [3.8, 4) is 51.0 Å². The highest BCUT2D eigenvalue weighted by Gasteiger charge is 2.23. The van der Waals surface area contributed by atoms with E-state index in [1.165, 1.54) is 0 Å². The minimum Gasteiger partial charge on any atom is -0.455 e. The van der Waals surface area contributed by atoms with Crippen LogP contribution >= 0.6 is 0 Å². The van der Waals surface area contributed by atoms with E-state index in [2.05, 4.69) is 138 Å². The minimum atomic E-state index is 0.517. The monoisotopic (exact) mass is 730 g/mol. The van der Waals surface area contributed by atoms with Gasteiger partial charge in [0.1, 0.15) is 22.3 Å². The Hall–Kier alpha value is -7.83. The third-order valence-electron chi connectivity index (χ3n) is 11.1. The zero-order valence-electron chi connectivity index (χ0n) is 30.4. The topological polar surface area (TPSA) is 69.9 Å². The molecule has 57 heavy (non-hydrogen) atoms. The molecule has 0 aliphatic rings. The summed E-state index contributed by atoms with van der Waals surface area (Å²) in [5, 5.41) is 6.29. The van der Waals surface area contributed by atoms with Gasteiger partial charge in [0.25, 0.3) is 0 Å². The first-order valence-corrected chi connectivity index (χ1v) is 19.0. The maximum absolute atomic E-state index is 7.04. The van der Waals surface area contributed by atoms with Crippen LogP contribution in [0.5, 0.6) is 0 Å². The lowest BCUT2D eigenvalue weighted by atomic mass is 10.0. The van der Waals surface area contributed by atoms with Crippen LogP contribution < -0.4 is 0 Å². The minimum absolute atomic E-state index is 0.517. The van der Waals surface area contributed by atoms with Gasteiger partial charge in [-0.15, -0.1) is 0 Å². The Bertz CT molecular complexity index is 3510. The fourth-order valence-electron chi connectivity index (χ4n) is 8.45. The fraction of sp³-hybridized carbons (Fsp3) is 0. The van der Waals surface area contributed by atoms with Gasteiger partial charge < -0.3 is 13.4 Å². The van der Waals surface area contributed by atoms with Crippen LogP contribution in [0.25, 0.3) is 117 Å². The van der Waals surface area contributed by atoms with Gasteiger partial charge >= 0.3 is 0 Å². The number of para-hydroxylation sites is 5. The Morgan fingerprint density at radius 1 is 0.333 bits per heavy atom. The molecule has 0 aliphatic heterocycles. The zero-order chi connectivity index (χ0) is 37.5. The maximum Gasteiger partial charge on any atom is 0.167 e. The molecule has 0 aliphatic carbocycles. The molecule has 0 radical (unpaired) electrons. The first kappa shape index (κ1) is 31.5. The van der Waals surface area contributed by atoms with Gasteiger partial charge in [0, 0.05) is 38.2 Å². The summed E-state index contributed by atoms with van der Waals surface area (Å²) >= 11 is 0. The second-order valence-corrected chi connectivity index (χ2v) is 14.3. The quantitative estimate of drug-likeness (QED) is 0.176. The number of nitrogens with zero attached hydrogens (tertiary/aromatic N) is 4. The Labute approximate surface area is 325 Å². The van der Waals surface area contributed by atoms with Crippen molar-refractivity contribution in [2.24, 2.45) is 0 Å². The number of benzene rings is 8. The van der Waals surface area contributed by atoms with Crippen molar-refractivity contribution in [3.05, 3.63) is 182 Å². The average Bonchev–Trinajstić information content (AvgIpc) is 3.96. The van der Waals surface area contributed by atoms with Crippen molar-refractivity contribution >= 4 is 65.7 Å². The molecular formula is C51H30N4O2. The van der Waals surface area contributed by atoms with Crippen LogP contribution in [0, 0.1) is 0 Å². The molecule has 0 bridgehead atoms. The van der Waals surface area contributed by atoms with Gasteiger partial charge in [-0.2, -0.15) is 0 Å². The molecule has 0 saturated carbocycles. The number of rotatable bonds is 5. The molecule has 6 heteroatoms. The highest BCUT2D eigenvalue weighted by molar-refractivity contribution is 6.24. The molecule has 0 spiro atoms. The largest absolute Gasteiger partial charge is 0.455 e. The molecule has 0 saturated heterocycles. The van der Waals surface area contributed by atoms with Crippen LogP contribution in [0.1, 0.15) is 0 Å². The number of furan rings is 2. The summed E-state index contributed by atoms with van der Waals surface area (Å²) in [6, 6.07) is 62.6. The molecule has 0 unspecified atom stereocenters. The summed E-state index contributed by atoms with van der Waals surface area (Å²) in [7, 11) is 0. The molecule has 0 N–H and O–H groups in total. The lowest BCUT2D eigenvalue weighted by molar-refractivity contribution is 0.669. The van der Waals surface area contributed by atoms with Crippen molar-refractivity contribution in [1.29, 1.82) is 0 Å². The van der Waals surface area contributed by atoms with E-state index in [1.54, 1.807) is 0 Å². The molecule has 0 atom stereocenters. The molecule has 4 aromatic heterocycles. The molecule has 8 aromatic carbocycles. The third-order valence-corrected chi connectivity index (χ3v) is 11.1. The molecule has 12 aromatic rings. The molecular weight excluding hydrogens is 701 g/mol. The second kappa shape index (κ2) is 12.3. The molecule has 0 amide bonds. The van der Waals surface area contributed by atoms with Crippen molar-refractivity contribution in [2.75, 3.05) is 0 Å². The van der Waals surface area contributed by atoms with Crippen LogP contribution in [0.4, 0.5) is 0 Å². The smallest absolute Gasteiger partial charge is 0.167 e. The summed E-state index contributed by atoms with van der Waals surface area (Å²) in [5.74, 6) is 1.60. The first-order chi connectivity index (χ1) is 28.3. The van der Waals surface area contributed by atoms with Gasteiger partial charge in [0.2, 0.25) is 0 Å². The average molecular weight is 731 g/mol. The second-order valence-electron chi connectivity index (χ2n) is 14.3. The number of hydrogen-bond donors (Lipinski definition) is 0. The summed E-state index contributed by atoms with van der Waals surface area (Å²) in [5.41, 5.74) is 11.1. The van der Waals surface area contributed by atoms with Gasteiger partial charge in [-0.3, -0.25) is 0 Å². The van der Waals surface area contributed by atoms with E-state index in [0.717, 1.165) is 99.2 Å². The van der Waals surface area contributed by atoms with Crippen LogP contribution in [-0.4, -0.2) is 19.5 Å². The molecule has 0 fully saturated rings. The van der Waals surface area contributed by atoms with E-state index >= 15 is 0 Å². The molecule has 12 rings (SSSR count). The zero-order valence-corrected chi connectivity index (χ0v) is 30.4. The Morgan fingerprint density at radius 3 is 1.63 bits per heavy atom. The molecule has 4 heterocycles.